The summed E-state index contributed by atoms with van der Waals surface area (Å²) in [5.41, 5.74) is 2.76. The Morgan fingerprint density at radius 2 is 1.68 bits per heavy atom. The van der Waals surface area contributed by atoms with Crippen molar-refractivity contribution in [3.05, 3.63) is 36.0 Å². The zero-order chi connectivity index (χ0) is 20.1. The zero-order valence-electron chi connectivity index (χ0n) is 18.7. The molecule has 4 saturated carbocycles. The van der Waals surface area contributed by atoms with E-state index in [1.807, 2.05) is 0 Å². The summed E-state index contributed by atoms with van der Waals surface area (Å²) in [7, 11) is 0. The van der Waals surface area contributed by atoms with Gasteiger partial charge in [0.1, 0.15) is 0 Å². The number of hydrogen-bond acceptors (Lipinski definition) is 1. The van der Waals surface area contributed by atoms with Crippen LogP contribution >= 0.6 is 0 Å². The smallest absolute Gasteiger partial charge is 0.0622 e. The molecule has 0 saturated heterocycles. The molecule has 28 heavy (non-hydrogen) atoms. The summed E-state index contributed by atoms with van der Waals surface area (Å²) in [4.78, 5) is 0. The minimum absolute atomic E-state index is 0.398. The molecule has 0 aromatic heterocycles. The van der Waals surface area contributed by atoms with Crippen LogP contribution in [0.15, 0.2) is 36.0 Å². The summed E-state index contributed by atoms with van der Waals surface area (Å²) >= 11 is 0. The molecule has 0 radical (unpaired) electrons. The Hall–Kier alpha value is -0.820. The highest BCUT2D eigenvalue weighted by Gasteiger charge is 2.57. The van der Waals surface area contributed by atoms with E-state index in [2.05, 4.69) is 52.5 Å². The highest BCUT2D eigenvalue weighted by molar-refractivity contribution is 5.29. The van der Waals surface area contributed by atoms with Crippen LogP contribution in [0.25, 0.3) is 0 Å². The van der Waals surface area contributed by atoms with Crippen molar-refractivity contribution in [3.8, 4) is 0 Å². The lowest BCUT2D eigenvalue weighted by molar-refractivity contribution is -0.0976. The molecular weight excluding hydrogens is 340 g/mol. The van der Waals surface area contributed by atoms with E-state index in [-0.39, 0.29) is 0 Å². The Balaban J connectivity index is 1.49. The first-order chi connectivity index (χ1) is 13.2. The third-order valence-electron chi connectivity index (χ3n) is 9.70. The van der Waals surface area contributed by atoms with Crippen molar-refractivity contribution in [2.45, 2.75) is 91.1 Å². The zero-order valence-corrected chi connectivity index (χ0v) is 18.7. The number of rotatable bonds is 3. The Kier molecular flexibility index (Phi) is 5.45. The van der Waals surface area contributed by atoms with Gasteiger partial charge in [-0.05, 0) is 119 Å². The first-order valence-corrected chi connectivity index (χ1v) is 12.0. The summed E-state index contributed by atoms with van der Waals surface area (Å²) in [6.07, 6.45) is 18.4. The fourth-order valence-corrected chi connectivity index (χ4v) is 8.14. The highest BCUT2D eigenvalue weighted by Crippen LogP contribution is 2.65. The maximum atomic E-state index is 10.6. The van der Waals surface area contributed by atoms with Gasteiger partial charge in [-0.2, -0.15) is 0 Å². The SMILES string of the molecule is C=C(/C=C\C(C)=C/C)[C@H]1CC[C@H]2[C@@H]3CC[C@@H]4C[C@](C)(O)CC[C@@H]4[C@H]3CC[C@]12C. The van der Waals surface area contributed by atoms with Crippen molar-refractivity contribution >= 4 is 0 Å². The molecule has 4 aliphatic rings. The number of hydrogen-bond donors (Lipinski definition) is 1. The van der Waals surface area contributed by atoms with Crippen LogP contribution in [0.5, 0.6) is 0 Å². The van der Waals surface area contributed by atoms with Crippen LogP contribution in [0.4, 0.5) is 0 Å². The molecule has 1 N–H and O–H groups in total. The van der Waals surface area contributed by atoms with Gasteiger partial charge in [-0.3, -0.25) is 0 Å². The fraction of sp³-hybridized carbons (Fsp3) is 0.778. The molecule has 4 rings (SSSR count). The lowest BCUT2D eigenvalue weighted by Gasteiger charge is -2.57. The van der Waals surface area contributed by atoms with Gasteiger partial charge in [0.25, 0.3) is 0 Å². The molecule has 0 amide bonds. The molecule has 1 nitrogen and oxygen atoms in total. The molecule has 0 bridgehead atoms. The van der Waals surface area contributed by atoms with Crippen LogP contribution in [0.2, 0.25) is 0 Å². The molecule has 1 heteroatoms. The van der Waals surface area contributed by atoms with E-state index in [0.29, 0.717) is 11.3 Å². The number of allylic oxidation sites excluding steroid dienone is 5. The van der Waals surface area contributed by atoms with Gasteiger partial charge in [0.2, 0.25) is 0 Å². The average molecular weight is 383 g/mol. The second kappa shape index (κ2) is 7.46. The van der Waals surface area contributed by atoms with Crippen molar-refractivity contribution < 1.29 is 5.11 Å². The highest BCUT2D eigenvalue weighted by atomic mass is 16.3. The van der Waals surface area contributed by atoms with E-state index >= 15 is 0 Å². The van der Waals surface area contributed by atoms with Crippen molar-refractivity contribution in [3.63, 3.8) is 0 Å². The topological polar surface area (TPSA) is 20.2 Å². The van der Waals surface area contributed by atoms with E-state index in [4.69, 9.17) is 0 Å². The van der Waals surface area contributed by atoms with Crippen molar-refractivity contribution in [2.75, 3.05) is 0 Å². The molecule has 0 aliphatic heterocycles. The molecule has 0 unspecified atom stereocenters. The maximum absolute atomic E-state index is 10.6. The molecule has 0 spiro atoms. The van der Waals surface area contributed by atoms with Crippen molar-refractivity contribution in [2.24, 2.45) is 40.9 Å². The summed E-state index contributed by atoms with van der Waals surface area (Å²) in [5.74, 6) is 5.11. The van der Waals surface area contributed by atoms with Gasteiger partial charge >= 0.3 is 0 Å². The molecule has 0 aromatic rings. The van der Waals surface area contributed by atoms with Crippen molar-refractivity contribution in [1.82, 2.24) is 0 Å². The third-order valence-corrected chi connectivity index (χ3v) is 9.70. The van der Waals surface area contributed by atoms with Crippen LogP contribution in [-0.4, -0.2) is 10.7 Å². The van der Waals surface area contributed by atoms with E-state index in [1.54, 1.807) is 0 Å². The summed E-state index contributed by atoms with van der Waals surface area (Å²) in [6, 6.07) is 0. The fourth-order valence-electron chi connectivity index (χ4n) is 8.14. The quantitative estimate of drug-likeness (QED) is 0.517. The lowest BCUT2D eigenvalue weighted by atomic mass is 9.49. The van der Waals surface area contributed by atoms with Crippen LogP contribution in [0.1, 0.15) is 85.5 Å². The second-order valence-electron chi connectivity index (χ2n) is 11.3. The number of fused-ring (bicyclic) bond motifs is 5. The van der Waals surface area contributed by atoms with E-state index < -0.39 is 5.60 Å². The second-order valence-corrected chi connectivity index (χ2v) is 11.3. The van der Waals surface area contributed by atoms with Gasteiger partial charge in [-0.25, -0.2) is 0 Å². The summed E-state index contributed by atoms with van der Waals surface area (Å²) in [6.45, 7) is 13.5. The Bertz CT molecular complexity index is 668. The summed E-state index contributed by atoms with van der Waals surface area (Å²) < 4.78 is 0. The van der Waals surface area contributed by atoms with Gasteiger partial charge in [0.15, 0.2) is 0 Å². The van der Waals surface area contributed by atoms with Crippen LogP contribution in [0.3, 0.4) is 0 Å². The first kappa shape index (κ1) is 20.5. The Morgan fingerprint density at radius 1 is 0.929 bits per heavy atom. The van der Waals surface area contributed by atoms with Gasteiger partial charge in [-0.15, -0.1) is 0 Å². The largest absolute Gasteiger partial charge is 0.390 e. The van der Waals surface area contributed by atoms with Gasteiger partial charge in [0, 0.05) is 0 Å². The molecule has 8 atom stereocenters. The number of aliphatic hydroxyl groups is 1. The van der Waals surface area contributed by atoms with E-state index in [0.717, 1.165) is 42.4 Å². The van der Waals surface area contributed by atoms with Crippen molar-refractivity contribution in [1.29, 1.82) is 0 Å². The monoisotopic (exact) mass is 382 g/mol. The predicted octanol–water partition coefficient (Wildman–Crippen LogP) is 7.08. The standard InChI is InChI=1S/C27H42O/c1-6-18(2)7-8-19(3)24-11-12-25-23-10-9-20-17-26(4,28)15-13-21(20)22(23)14-16-27(24,25)5/h6-8,20-25,28H,3,9-17H2,1-2,4-5H3/b8-7-,18-6-/t20-,21+,22-,23-,24-,25+,26-,27-/m1/s1. The average Bonchev–Trinajstić information content (AvgIpc) is 3.01. The molecule has 0 aromatic carbocycles. The minimum Gasteiger partial charge on any atom is -0.390 e. The minimum atomic E-state index is -0.398. The molecule has 4 aliphatic carbocycles. The van der Waals surface area contributed by atoms with Crippen LogP contribution in [-0.2, 0) is 0 Å². The Morgan fingerprint density at radius 3 is 2.43 bits per heavy atom. The predicted molar refractivity (Wildman–Crippen MR) is 119 cm³/mol. The molecular formula is C27H42O. The maximum Gasteiger partial charge on any atom is 0.0622 e. The Labute approximate surface area is 173 Å². The third kappa shape index (κ3) is 3.47. The van der Waals surface area contributed by atoms with E-state index in [1.165, 1.54) is 56.1 Å². The van der Waals surface area contributed by atoms with E-state index in [9.17, 15) is 5.11 Å². The van der Waals surface area contributed by atoms with Gasteiger partial charge < -0.3 is 5.11 Å². The molecule has 0 heterocycles. The summed E-state index contributed by atoms with van der Waals surface area (Å²) in [5, 5.41) is 10.6. The van der Waals surface area contributed by atoms with Crippen LogP contribution < -0.4 is 0 Å². The normalized spacial score (nSPS) is 48.8. The molecule has 156 valence electrons. The van der Waals surface area contributed by atoms with Crippen LogP contribution in [0, 0.1) is 40.9 Å². The van der Waals surface area contributed by atoms with Gasteiger partial charge in [-0.1, -0.05) is 42.9 Å². The lowest BCUT2D eigenvalue weighted by Crippen LogP contribution is -2.50. The molecule has 4 fully saturated rings. The first-order valence-electron chi connectivity index (χ1n) is 12.0. The van der Waals surface area contributed by atoms with Gasteiger partial charge in [0.05, 0.1) is 5.60 Å².